The summed E-state index contributed by atoms with van der Waals surface area (Å²) in [6.45, 7) is 5.22. The minimum atomic E-state index is -0.701. The van der Waals surface area contributed by atoms with Crippen molar-refractivity contribution < 1.29 is 14.3 Å². The van der Waals surface area contributed by atoms with E-state index >= 15 is 0 Å². The van der Waals surface area contributed by atoms with E-state index in [-0.39, 0.29) is 16.8 Å². The van der Waals surface area contributed by atoms with E-state index in [4.69, 9.17) is 18.0 Å². The summed E-state index contributed by atoms with van der Waals surface area (Å²) in [6, 6.07) is -0.701. The fraction of sp³-hybridized carbons (Fsp3) is 0.700. The molecule has 0 aliphatic heterocycles. The Balaban J connectivity index is 4.54. The third-order valence-corrected chi connectivity index (χ3v) is 2.42. The first-order valence-corrected chi connectivity index (χ1v) is 5.39. The summed E-state index contributed by atoms with van der Waals surface area (Å²) in [5, 5.41) is 2.51. The molecule has 0 aromatic heterocycles. The first kappa shape index (κ1) is 14.8. The molecule has 0 saturated heterocycles. The summed E-state index contributed by atoms with van der Waals surface area (Å²) in [6.07, 6.45) is 0. The summed E-state index contributed by atoms with van der Waals surface area (Å²) in [4.78, 5) is 23.0. The van der Waals surface area contributed by atoms with Crippen molar-refractivity contribution in [2.75, 3.05) is 7.11 Å². The van der Waals surface area contributed by atoms with E-state index in [9.17, 15) is 9.59 Å². The van der Waals surface area contributed by atoms with Gasteiger partial charge in [0.25, 0.3) is 0 Å². The van der Waals surface area contributed by atoms with E-state index < -0.39 is 17.9 Å². The molecule has 0 aromatic carbocycles. The maximum atomic E-state index is 11.8. The van der Waals surface area contributed by atoms with Crippen molar-refractivity contribution in [2.45, 2.75) is 26.8 Å². The lowest BCUT2D eigenvalue weighted by molar-refractivity contribution is -0.144. The summed E-state index contributed by atoms with van der Waals surface area (Å²) >= 11 is 4.82. The average Bonchev–Trinajstić information content (AvgIpc) is 2.14. The van der Waals surface area contributed by atoms with Gasteiger partial charge in [0.05, 0.1) is 18.0 Å². The van der Waals surface area contributed by atoms with Gasteiger partial charge in [-0.05, 0) is 12.8 Å². The molecule has 92 valence electrons. The Morgan fingerprint density at radius 3 is 2.12 bits per heavy atom. The number of nitrogens with two attached hydrogens (primary N) is 1. The van der Waals surface area contributed by atoms with E-state index in [1.165, 1.54) is 7.11 Å². The lowest BCUT2D eigenvalue weighted by Crippen LogP contribution is -2.47. The monoisotopic (exact) mass is 246 g/mol. The highest BCUT2D eigenvalue weighted by Crippen LogP contribution is 2.11. The zero-order valence-electron chi connectivity index (χ0n) is 9.94. The lowest BCUT2D eigenvalue weighted by atomic mass is 9.94. The summed E-state index contributed by atoms with van der Waals surface area (Å²) in [5.74, 6) is -1.43. The molecule has 3 N–H and O–H groups in total. The van der Waals surface area contributed by atoms with Crippen LogP contribution in [0.15, 0.2) is 0 Å². The van der Waals surface area contributed by atoms with Crippen LogP contribution in [0.1, 0.15) is 20.8 Å². The van der Waals surface area contributed by atoms with E-state index in [2.05, 4.69) is 10.1 Å². The molecule has 0 fully saturated rings. The van der Waals surface area contributed by atoms with Crippen molar-refractivity contribution in [3.63, 3.8) is 0 Å². The first-order valence-electron chi connectivity index (χ1n) is 4.98. The highest BCUT2D eigenvalue weighted by atomic mass is 32.1. The van der Waals surface area contributed by atoms with Crippen molar-refractivity contribution in [2.24, 2.45) is 17.6 Å². The van der Waals surface area contributed by atoms with Gasteiger partial charge in [-0.3, -0.25) is 4.79 Å². The molecule has 2 atom stereocenters. The SMILES string of the molecule is COC(=O)C(C)NC(=O)C(C(N)=S)C(C)C. The van der Waals surface area contributed by atoms with Crippen molar-refractivity contribution in [3.8, 4) is 0 Å². The van der Waals surface area contributed by atoms with Crippen LogP contribution in [-0.2, 0) is 14.3 Å². The van der Waals surface area contributed by atoms with Crippen LogP contribution in [0.3, 0.4) is 0 Å². The number of ether oxygens (including phenoxy) is 1. The van der Waals surface area contributed by atoms with Crippen LogP contribution < -0.4 is 11.1 Å². The third kappa shape index (κ3) is 4.14. The number of hydrogen-bond donors (Lipinski definition) is 2. The predicted molar refractivity (Wildman–Crippen MR) is 64.7 cm³/mol. The zero-order chi connectivity index (χ0) is 12.9. The zero-order valence-corrected chi connectivity index (χ0v) is 10.8. The fourth-order valence-electron chi connectivity index (χ4n) is 1.30. The molecule has 0 heterocycles. The van der Waals surface area contributed by atoms with E-state index in [1.807, 2.05) is 13.8 Å². The Morgan fingerprint density at radius 1 is 1.31 bits per heavy atom. The average molecular weight is 246 g/mol. The Labute approximate surface area is 101 Å². The fourth-order valence-corrected chi connectivity index (χ4v) is 1.68. The van der Waals surface area contributed by atoms with Crippen LogP contribution in [0.4, 0.5) is 0 Å². The molecule has 0 bridgehead atoms. The quantitative estimate of drug-likeness (QED) is 0.536. The highest BCUT2D eigenvalue weighted by molar-refractivity contribution is 7.80. The van der Waals surface area contributed by atoms with Gasteiger partial charge in [0, 0.05) is 0 Å². The second kappa shape index (κ2) is 6.42. The van der Waals surface area contributed by atoms with Gasteiger partial charge in [-0.1, -0.05) is 26.1 Å². The molecular weight excluding hydrogens is 228 g/mol. The second-order valence-corrected chi connectivity index (χ2v) is 4.35. The number of carbonyl (C=O) groups excluding carboxylic acids is 2. The van der Waals surface area contributed by atoms with Crippen molar-refractivity contribution in [1.29, 1.82) is 0 Å². The van der Waals surface area contributed by atoms with E-state index in [1.54, 1.807) is 6.92 Å². The summed E-state index contributed by atoms with van der Waals surface area (Å²) < 4.78 is 4.50. The summed E-state index contributed by atoms with van der Waals surface area (Å²) in [5.41, 5.74) is 5.48. The second-order valence-electron chi connectivity index (χ2n) is 3.88. The summed E-state index contributed by atoms with van der Waals surface area (Å²) in [7, 11) is 1.26. The van der Waals surface area contributed by atoms with Crippen LogP contribution >= 0.6 is 12.2 Å². The number of rotatable bonds is 5. The van der Waals surface area contributed by atoms with Crippen LogP contribution in [0, 0.1) is 11.8 Å². The molecule has 1 amide bonds. The topological polar surface area (TPSA) is 81.4 Å². The van der Waals surface area contributed by atoms with Gasteiger partial charge < -0.3 is 15.8 Å². The molecule has 0 rings (SSSR count). The molecular formula is C10H18N2O3S. The van der Waals surface area contributed by atoms with Crippen molar-refractivity contribution in [1.82, 2.24) is 5.32 Å². The van der Waals surface area contributed by atoms with Crippen LogP contribution in [0.2, 0.25) is 0 Å². The van der Waals surface area contributed by atoms with Gasteiger partial charge >= 0.3 is 5.97 Å². The standard InChI is InChI=1S/C10H18N2O3S/c1-5(2)7(8(11)16)9(13)12-6(3)10(14)15-4/h5-7H,1-4H3,(H2,11,16)(H,12,13). The molecule has 0 saturated carbocycles. The van der Waals surface area contributed by atoms with Gasteiger partial charge in [0.15, 0.2) is 0 Å². The van der Waals surface area contributed by atoms with E-state index in [0.717, 1.165) is 0 Å². The Kier molecular flexibility index (Phi) is 5.95. The molecule has 0 aromatic rings. The highest BCUT2D eigenvalue weighted by Gasteiger charge is 2.27. The Morgan fingerprint density at radius 2 is 1.81 bits per heavy atom. The van der Waals surface area contributed by atoms with Crippen LogP contribution in [-0.4, -0.2) is 30.0 Å². The molecule has 0 radical (unpaired) electrons. The number of thiocarbonyl (C=S) groups is 1. The first-order chi connectivity index (χ1) is 7.31. The van der Waals surface area contributed by atoms with Gasteiger partial charge in [0.1, 0.15) is 6.04 Å². The van der Waals surface area contributed by atoms with E-state index in [0.29, 0.717) is 0 Å². The number of hydrogen-bond acceptors (Lipinski definition) is 4. The van der Waals surface area contributed by atoms with Gasteiger partial charge in [-0.2, -0.15) is 0 Å². The molecule has 5 nitrogen and oxygen atoms in total. The number of carbonyl (C=O) groups is 2. The Bertz CT molecular complexity index is 292. The molecule has 0 aliphatic carbocycles. The minimum Gasteiger partial charge on any atom is -0.467 e. The maximum Gasteiger partial charge on any atom is 0.328 e. The van der Waals surface area contributed by atoms with Gasteiger partial charge in [-0.15, -0.1) is 0 Å². The molecule has 0 aliphatic rings. The normalized spacial score (nSPS) is 14.1. The van der Waals surface area contributed by atoms with Crippen molar-refractivity contribution >= 4 is 29.1 Å². The van der Waals surface area contributed by atoms with Crippen LogP contribution in [0.5, 0.6) is 0 Å². The number of methoxy groups -OCH3 is 1. The molecule has 0 spiro atoms. The lowest BCUT2D eigenvalue weighted by Gasteiger charge is -2.20. The number of nitrogens with one attached hydrogen (secondary N) is 1. The van der Waals surface area contributed by atoms with Crippen molar-refractivity contribution in [3.05, 3.63) is 0 Å². The van der Waals surface area contributed by atoms with Gasteiger partial charge in [-0.25, -0.2) is 4.79 Å². The molecule has 6 heteroatoms. The number of esters is 1. The Hall–Kier alpha value is -1.17. The largest absolute Gasteiger partial charge is 0.467 e. The third-order valence-electron chi connectivity index (χ3n) is 2.17. The molecule has 2 unspecified atom stereocenters. The molecule has 16 heavy (non-hydrogen) atoms. The van der Waals surface area contributed by atoms with Gasteiger partial charge in [0.2, 0.25) is 5.91 Å². The predicted octanol–water partition coefficient (Wildman–Crippen LogP) is 0.222. The van der Waals surface area contributed by atoms with Crippen LogP contribution in [0.25, 0.3) is 0 Å². The minimum absolute atomic E-state index is 0.0117. The maximum absolute atomic E-state index is 11.8. The smallest absolute Gasteiger partial charge is 0.328 e. The number of amides is 1.